The molecule has 2 aliphatic carbocycles. The molecule has 2 aromatic carbocycles. The zero-order valence-electron chi connectivity index (χ0n) is 27.3. The number of aryl methyl sites for hydroxylation is 1. The number of nitriles is 1. The Hall–Kier alpha value is -3.81. The molecule has 46 heavy (non-hydrogen) atoms. The van der Waals surface area contributed by atoms with Crippen LogP contribution in [-0.4, -0.2) is 63.0 Å². The van der Waals surface area contributed by atoms with Crippen molar-refractivity contribution in [3.05, 3.63) is 76.5 Å². The minimum absolute atomic E-state index is 0.0798. The Labute approximate surface area is 275 Å². The molecule has 2 heterocycles. The van der Waals surface area contributed by atoms with Gasteiger partial charge in [-0.05, 0) is 81.7 Å². The van der Waals surface area contributed by atoms with E-state index in [9.17, 15) is 14.6 Å². The second-order valence-corrected chi connectivity index (χ2v) is 15.0. The first-order chi connectivity index (χ1) is 22.0. The summed E-state index contributed by atoms with van der Waals surface area (Å²) in [5.41, 5.74) is 5.18. The molecule has 1 amide bonds. The van der Waals surface area contributed by atoms with Gasteiger partial charge in [0, 0.05) is 48.2 Å². The Kier molecular flexibility index (Phi) is 9.17. The van der Waals surface area contributed by atoms with E-state index in [1.165, 1.54) is 11.1 Å². The summed E-state index contributed by atoms with van der Waals surface area (Å²) in [6.07, 6.45) is 7.12. The minimum Gasteiger partial charge on any atom is -0.609 e. The molecule has 6 rings (SSSR count). The second kappa shape index (κ2) is 13.1. The van der Waals surface area contributed by atoms with Crippen LogP contribution >= 0.6 is 0 Å². The van der Waals surface area contributed by atoms with E-state index in [0.717, 1.165) is 66.9 Å². The average Bonchev–Trinajstić information content (AvgIpc) is 3.03. The highest BCUT2D eigenvalue weighted by molar-refractivity contribution is 7.90. The molecular formula is C36H43N5O4S. The summed E-state index contributed by atoms with van der Waals surface area (Å²) in [6.45, 7) is 7.44. The number of fused-ring (bicyclic) bond motifs is 3. The summed E-state index contributed by atoms with van der Waals surface area (Å²) in [7, 11) is 0. The molecule has 1 aliphatic heterocycles. The molecule has 0 N–H and O–H groups in total. The summed E-state index contributed by atoms with van der Waals surface area (Å²) in [5, 5.41) is 9.95. The van der Waals surface area contributed by atoms with Gasteiger partial charge >= 0.3 is 11.2 Å². The standard InChI is InChI=1S/C36H43N5O4S/c1-35(2,3)45-34(42)41-20-19-40(23-27(41)15-18-37)32-29-14-17-36(22-31(29)38-33(39-32)46(4)43)16-8-11-26-12-13-28(21-30(26)36)44-24-25-9-6-5-7-10-25/h5-7,9-10,12-13,21,27H,8,11,14-17,19-20,22-24H2,1-4H3/t27-,36?,46?/m0/s1. The third-order valence-corrected chi connectivity index (χ3v) is 10.1. The van der Waals surface area contributed by atoms with Crippen LogP contribution in [0.3, 0.4) is 0 Å². The zero-order valence-corrected chi connectivity index (χ0v) is 28.1. The lowest BCUT2D eigenvalue weighted by molar-refractivity contribution is 0.0144. The van der Waals surface area contributed by atoms with E-state index in [2.05, 4.69) is 41.3 Å². The lowest BCUT2D eigenvalue weighted by atomic mass is 9.62. The minimum atomic E-state index is -1.37. The number of rotatable bonds is 6. The molecule has 242 valence electrons. The SMILES string of the molecule is C[S+]([O-])c1nc2c(c(N3CCN(C(=O)OC(C)(C)C)[C@@H](CC#N)C3)n1)CCC1(CCCc3ccc(OCc4ccccc4)cc31)C2. The van der Waals surface area contributed by atoms with E-state index >= 15 is 0 Å². The van der Waals surface area contributed by atoms with Crippen LogP contribution in [0.4, 0.5) is 10.6 Å². The fraction of sp³-hybridized carbons (Fsp3) is 0.500. The largest absolute Gasteiger partial charge is 0.609 e. The fourth-order valence-corrected chi connectivity index (χ4v) is 7.70. The van der Waals surface area contributed by atoms with Crippen molar-refractivity contribution in [1.82, 2.24) is 14.9 Å². The number of benzene rings is 2. The number of amides is 1. The van der Waals surface area contributed by atoms with Crippen LogP contribution in [0.25, 0.3) is 0 Å². The highest BCUT2D eigenvalue weighted by Crippen LogP contribution is 2.48. The van der Waals surface area contributed by atoms with Gasteiger partial charge in [-0.25, -0.2) is 4.79 Å². The van der Waals surface area contributed by atoms with Crippen molar-refractivity contribution in [2.45, 2.75) is 94.5 Å². The number of ether oxygens (including phenoxy) is 2. The molecule has 1 aromatic heterocycles. The predicted octanol–water partition coefficient (Wildman–Crippen LogP) is 5.90. The van der Waals surface area contributed by atoms with Gasteiger partial charge in [-0.15, -0.1) is 0 Å². The Bertz CT molecular complexity index is 1620. The van der Waals surface area contributed by atoms with Crippen molar-refractivity contribution in [3.63, 3.8) is 0 Å². The highest BCUT2D eigenvalue weighted by Gasteiger charge is 2.43. The molecule has 0 saturated carbocycles. The van der Waals surface area contributed by atoms with E-state index in [-0.39, 0.29) is 17.9 Å². The summed E-state index contributed by atoms with van der Waals surface area (Å²) in [4.78, 5) is 26.6. The molecule has 0 bridgehead atoms. The van der Waals surface area contributed by atoms with Crippen LogP contribution in [0.1, 0.15) is 74.4 Å². The van der Waals surface area contributed by atoms with Crippen LogP contribution in [0, 0.1) is 11.3 Å². The van der Waals surface area contributed by atoms with Gasteiger partial charge < -0.3 is 23.8 Å². The highest BCUT2D eigenvalue weighted by atomic mass is 32.2. The number of hydrogen-bond donors (Lipinski definition) is 0. The third kappa shape index (κ3) is 6.81. The number of carbonyl (C=O) groups is 1. The maximum atomic E-state index is 13.0. The summed E-state index contributed by atoms with van der Waals surface area (Å²) in [6, 6.07) is 18.7. The van der Waals surface area contributed by atoms with Crippen LogP contribution in [0.2, 0.25) is 0 Å². The molecule has 3 atom stereocenters. The van der Waals surface area contributed by atoms with Crippen LogP contribution in [0.15, 0.2) is 53.7 Å². The van der Waals surface area contributed by atoms with Crippen LogP contribution in [0.5, 0.6) is 5.75 Å². The van der Waals surface area contributed by atoms with Gasteiger partial charge in [0.15, 0.2) is 0 Å². The molecule has 9 nitrogen and oxygen atoms in total. The quantitative estimate of drug-likeness (QED) is 0.242. The maximum absolute atomic E-state index is 13.0. The molecule has 1 spiro atoms. The van der Waals surface area contributed by atoms with Gasteiger partial charge in [0.1, 0.15) is 30.0 Å². The van der Waals surface area contributed by atoms with Crippen molar-refractivity contribution >= 4 is 23.1 Å². The van der Waals surface area contributed by atoms with Crippen molar-refractivity contribution in [1.29, 1.82) is 5.26 Å². The molecule has 1 fully saturated rings. The van der Waals surface area contributed by atoms with Crippen LogP contribution < -0.4 is 9.64 Å². The number of anilines is 1. The lowest BCUT2D eigenvalue weighted by Gasteiger charge is -2.45. The van der Waals surface area contributed by atoms with Crippen molar-refractivity contribution in [3.8, 4) is 11.8 Å². The molecule has 10 heteroatoms. The first kappa shape index (κ1) is 32.1. The van der Waals surface area contributed by atoms with Gasteiger partial charge in [0.2, 0.25) is 0 Å². The van der Waals surface area contributed by atoms with Gasteiger partial charge in [0.25, 0.3) is 0 Å². The first-order valence-electron chi connectivity index (χ1n) is 16.2. The number of hydrogen-bond acceptors (Lipinski definition) is 8. The van der Waals surface area contributed by atoms with Gasteiger partial charge in [0.05, 0.1) is 24.2 Å². The Balaban J connectivity index is 1.29. The van der Waals surface area contributed by atoms with Crippen molar-refractivity contribution in [2.75, 3.05) is 30.8 Å². The number of carbonyl (C=O) groups excluding carboxylic acids is 1. The van der Waals surface area contributed by atoms with Crippen molar-refractivity contribution in [2.24, 2.45) is 0 Å². The number of aromatic nitrogens is 2. The van der Waals surface area contributed by atoms with Gasteiger partial charge in [-0.1, -0.05) is 36.4 Å². The first-order valence-corrected chi connectivity index (χ1v) is 17.8. The summed E-state index contributed by atoms with van der Waals surface area (Å²) in [5.74, 6) is 1.66. The molecule has 1 saturated heterocycles. The normalized spacial score (nSPS) is 21.6. The van der Waals surface area contributed by atoms with Crippen molar-refractivity contribution < 1.29 is 18.8 Å². The van der Waals surface area contributed by atoms with Crippen LogP contribution in [-0.2, 0) is 47.2 Å². The van der Waals surface area contributed by atoms with Gasteiger partial charge in [-0.3, -0.25) is 0 Å². The maximum Gasteiger partial charge on any atom is 0.410 e. The number of nitrogens with zero attached hydrogens (tertiary/aromatic N) is 5. The number of piperazine rings is 1. The van der Waals surface area contributed by atoms with E-state index in [1.807, 2.05) is 39.0 Å². The fourth-order valence-electron chi connectivity index (χ4n) is 7.24. The van der Waals surface area contributed by atoms with E-state index in [1.54, 1.807) is 11.2 Å². The monoisotopic (exact) mass is 641 g/mol. The van der Waals surface area contributed by atoms with E-state index < -0.39 is 22.9 Å². The van der Waals surface area contributed by atoms with Gasteiger partial charge in [-0.2, -0.15) is 15.2 Å². The summed E-state index contributed by atoms with van der Waals surface area (Å²) >= 11 is -1.37. The second-order valence-electron chi connectivity index (χ2n) is 13.7. The average molecular weight is 642 g/mol. The predicted molar refractivity (Wildman–Crippen MR) is 177 cm³/mol. The Morgan fingerprint density at radius 3 is 2.67 bits per heavy atom. The molecule has 3 aliphatic rings. The Morgan fingerprint density at radius 2 is 1.93 bits per heavy atom. The van der Waals surface area contributed by atoms with E-state index in [0.29, 0.717) is 31.4 Å². The molecule has 0 radical (unpaired) electrons. The third-order valence-electron chi connectivity index (χ3n) is 9.41. The Morgan fingerprint density at radius 1 is 1.13 bits per heavy atom. The lowest BCUT2D eigenvalue weighted by Crippen LogP contribution is -2.56. The molecule has 3 aromatic rings. The summed E-state index contributed by atoms with van der Waals surface area (Å²) < 4.78 is 24.8. The smallest absolute Gasteiger partial charge is 0.410 e. The topological polar surface area (TPSA) is 115 Å². The zero-order chi connectivity index (χ0) is 32.5. The molecule has 2 unspecified atom stereocenters. The van der Waals surface area contributed by atoms with E-state index in [4.69, 9.17) is 19.4 Å². The molecular weight excluding hydrogens is 598 g/mol.